The minimum atomic E-state index is -0.134. The number of para-hydroxylation sites is 1. The number of fused-ring (bicyclic) bond motifs is 1. The highest BCUT2D eigenvalue weighted by atomic mass is 16.3. The fourth-order valence-electron chi connectivity index (χ4n) is 2.41. The zero-order valence-corrected chi connectivity index (χ0v) is 10.7. The van der Waals surface area contributed by atoms with Crippen LogP contribution in [0.15, 0.2) is 30.6 Å². The van der Waals surface area contributed by atoms with Crippen LogP contribution in [0.5, 0.6) is 5.75 Å². The summed E-state index contributed by atoms with van der Waals surface area (Å²) in [6.07, 6.45) is 2.54. The highest BCUT2D eigenvalue weighted by molar-refractivity contribution is 5.96. The first-order chi connectivity index (χ1) is 9.16. The molecule has 2 aromatic rings. The van der Waals surface area contributed by atoms with Gasteiger partial charge in [0.05, 0.1) is 29.8 Å². The molecule has 19 heavy (non-hydrogen) atoms. The van der Waals surface area contributed by atoms with E-state index >= 15 is 0 Å². The molecule has 1 N–H and O–H groups in total. The van der Waals surface area contributed by atoms with E-state index in [0.29, 0.717) is 18.7 Å². The maximum absolute atomic E-state index is 12.4. The van der Waals surface area contributed by atoms with E-state index < -0.39 is 0 Å². The molecule has 5 heteroatoms. The summed E-state index contributed by atoms with van der Waals surface area (Å²) in [6, 6.07) is 6.65. The number of rotatable bonds is 1. The quantitative estimate of drug-likeness (QED) is 0.838. The third kappa shape index (κ3) is 1.97. The molecule has 2 heterocycles. The molecule has 0 bridgehead atoms. The van der Waals surface area contributed by atoms with E-state index in [1.54, 1.807) is 29.4 Å². The standard InChI is InChI=1S/C14H15N3O2/c1-16-9-15-11-6-7-17(8-12(11)16)14(19)10-4-2-3-5-13(10)18/h2-5,9,18H,6-8H2,1H3. The maximum atomic E-state index is 12.4. The topological polar surface area (TPSA) is 58.4 Å². The summed E-state index contributed by atoms with van der Waals surface area (Å²) in [4.78, 5) is 18.5. The summed E-state index contributed by atoms with van der Waals surface area (Å²) >= 11 is 0. The molecule has 0 aliphatic carbocycles. The Bertz CT molecular complexity index is 633. The van der Waals surface area contributed by atoms with Crippen LogP contribution >= 0.6 is 0 Å². The molecule has 1 aliphatic heterocycles. The second-order valence-electron chi connectivity index (χ2n) is 4.74. The van der Waals surface area contributed by atoms with Gasteiger partial charge in [-0.3, -0.25) is 4.79 Å². The Kier molecular flexibility index (Phi) is 2.74. The highest BCUT2D eigenvalue weighted by Gasteiger charge is 2.25. The second-order valence-corrected chi connectivity index (χ2v) is 4.74. The minimum Gasteiger partial charge on any atom is -0.507 e. The number of carbonyl (C=O) groups excluding carboxylic acids is 1. The number of aryl methyl sites for hydroxylation is 1. The number of amides is 1. The SMILES string of the molecule is Cn1cnc2c1CN(C(=O)c1ccccc1O)CC2. The lowest BCUT2D eigenvalue weighted by molar-refractivity contribution is 0.0727. The summed E-state index contributed by atoms with van der Waals surface area (Å²) in [5.41, 5.74) is 2.48. The number of imidazole rings is 1. The van der Waals surface area contributed by atoms with E-state index in [9.17, 15) is 9.90 Å². The van der Waals surface area contributed by atoms with E-state index in [4.69, 9.17) is 0 Å². The molecule has 0 fully saturated rings. The maximum Gasteiger partial charge on any atom is 0.257 e. The van der Waals surface area contributed by atoms with E-state index in [1.807, 2.05) is 11.6 Å². The molecule has 98 valence electrons. The number of nitrogens with zero attached hydrogens (tertiary/aromatic N) is 3. The van der Waals surface area contributed by atoms with Crippen LogP contribution < -0.4 is 0 Å². The van der Waals surface area contributed by atoms with Crippen molar-refractivity contribution in [3.8, 4) is 5.75 Å². The Hall–Kier alpha value is -2.30. The smallest absolute Gasteiger partial charge is 0.257 e. The van der Waals surface area contributed by atoms with Crippen LogP contribution in [-0.4, -0.2) is 32.0 Å². The summed E-state index contributed by atoms with van der Waals surface area (Å²) in [5.74, 6) is -0.103. The van der Waals surface area contributed by atoms with Gasteiger partial charge >= 0.3 is 0 Å². The minimum absolute atomic E-state index is 0.0308. The lowest BCUT2D eigenvalue weighted by atomic mass is 10.1. The fourth-order valence-corrected chi connectivity index (χ4v) is 2.41. The van der Waals surface area contributed by atoms with Crippen LogP contribution in [0.25, 0.3) is 0 Å². The van der Waals surface area contributed by atoms with Crippen molar-refractivity contribution in [3.05, 3.63) is 47.5 Å². The summed E-state index contributed by atoms with van der Waals surface area (Å²) in [7, 11) is 1.93. The largest absolute Gasteiger partial charge is 0.507 e. The molecule has 1 aliphatic rings. The molecule has 0 saturated carbocycles. The van der Waals surface area contributed by atoms with Gasteiger partial charge in [-0.05, 0) is 12.1 Å². The number of aromatic nitrogens is 2. The number of aromatic hydroxyl groups is 1. The van der Waals surface area contributed by atoms with Gasteiger partial charge in [0, 0.05) is 20.0 Å². The molecular weight excluding hydrogens is 242 g/mol. The molecule has 5 nitrogen and oxygen atoms in total. The van der Waals surface area contributed by atoms with Gasteiger partial charge in [0.2, 0.25) is 0 Å². The number of phenols is 1. The Morgan fingerprint density at radius 1 is 1.37 bits per heavy atom. The van der Waals surface area contributed by atoms with Crippen molar-refractivity contribution >= 4 is 5.91 Å². The van der Waals surface area contributed by atoms with Crippen molar-refractivity contribution in [1.29, 1.82) is 0 Å². The first kappa shape index (κ1) is 11.8. The zero-order chi connectivity index (χ0) is 13.4. The molecule has 1 aromatic carbocycles. The van der Waals surface area contributed by atoms with E-state index in [1.165, 1.54) is 6.07 Å². The summed E-state index contributed by atoms with van der Waals surface area (Å²) in [5, 5.41) is 9.76. The van der Waals surface area contributed by atoms with Gasteiger partial charge in [-0.15, -0.1) is 0 Å². The Balaban J connectivity index is 1.87. The first-order valence-electron chi connectivity index (χ1n) is 6.23. The Morgan fingerprint density at radius 3 is 2.95 bits per heavy atom. The Morgan fingerprint density at radius 2 is 2.16 bits per heavy atom. The molecule has 0 spiro atoms. The average Bonchev–Trinajstić information content (AvgIpc) is 2.80. The number of benzene rings is 1. The van der Waals surface area contributed by atoms with Gasteiger partial charge < -0.3 is 14.6 Å². The molecule has 1 aromatic heterocycles. The van der Waals surface area contributed by atoms with Crippen LogP contribution in [0.4, 0.5) is 0 Å². The molecule has 0 atom stereocenters. The third-order valence-electron chi connectivity index (χ3n) is 3.53. The second kappa shape index (κ2) is 4.42. The van der Waals surface area contributed by atoms with Crippen molar-refractivity contribution < 1.29 is 9.90 Å². The number of phenolic OH excluding ortho intramolecular Hbond substituents is 1. The van der Waals surface area contributed by atoms with Gasteiger partial charge in [0.1, 0.15) is 5.75 Å². The van der Waals surface area contributed by atoms with E-state index in [0.717, 1.165) is 17.8 Å². The molecule has 0 unspecified atom stereocenters. The van der Waals surface area contributed by atoms with Crippen LogP contribution in [0.3, 0.4) is 0 Å². The summed E-state index contributed by atoms with van der Waals surface area (Å²) < 4.78 is 1.94. The lowest BCUT2D eigenvalue weighted by Gasteiger charge is -2.27. The fraction of sp³-hybridized carbons (Fsp3) is 0.286. The predicted octanol–water partition coefficient (Wildman–Crippen LogP) is 1.32. The van der Waals surface area contributed by atoms with Gasteiger partial charge in [-0.1, -0.05) is 12.1 Å². The molecule has 3 rings (SSSR count). The molecule has 0 radical (unpaired) electrons. The van der Waals surface area contributed by atoms with Crippen molar-refractivity contribution in [2.45, 2.75) is 13.0 Å². The average molecular weight is 257 g/mol. The molecule has 1 amide bonds. The lowest BCUT2D eigenvalue weighted by Crippen LogP contribution is -2.36. The van der Waals surface area contributed by atoms with Gasteiger partial charge in [-0.2, -0.15) is 0 Å². The van der Waals surface area contributed by atoms with Crippen molar-refractivity contribution in [3.63, 3.8) is 0 Å². The molecular formula is C14H15N3O2. The predicted molar refractivity (Wildman–Crippen MR) is 69.8 cm³/mol. The van der Waals surface area contributed by atoms with Crippen molar-refractivity contribution in [2.24, 2.45) is 7.05 Å². The van der Waals surface area contributed by atoms with Crippen LogP contribution in [0.1, 0.15) is 21.7 Å². The van der Waals surface area contributed by atoms with Crippen LogP contribution in [-0.2, 0) is 20.0 Å². The first-order valence-corrected chi connectivity index (χ1v) is 6.23. The van der Waals surface area contributed by atoms with Crippen molar-refractivity contribution in [2.75, 3.05) is 6.54 Å². The number of carbonyl (C=O) groups is 1. The monoisotopic (exact) mass is 257 g/mol. The van der Waals surface area contributed by atoms with Gasteiger partial charge in [0.25, 0.3) is 5.91 Å². The Labute approximate surface area is 111 Å². The zero-order valence-electron chi connectivity index (χ0n) is 10.7. The molecule has 0 saturated heterocycles. The third-order valence-corrected chi connectivity index (χ3v) is 3.53. The number of hydrogen-bond donors (Lipinski definition) is 1. The number of hydrogen-bond acceptors (Lipinski definition) is 3. The van der Waals surface area contributed by atoms with Gasteiger partial charge in [-0.25, -0.2) is 4.98 Å². The van der Waals surface area contributed by atoms with E-state index in [2.05, 4.69) is 4.98 Å². The highest BCUT2D eigenvalue weighted by Crippen LogP contribution is 2.22. The summed E-state index contributed by atoms with van der Waals surface area (Å²) in [6.45, 7) is 1.18. The van der Waals surface area contributed by atoms with Crippen LogP contribution in [0.2, 0.25) is 0 Å². The van der Waals surface area contributed by atoms with Crippen LogP contribution in [0, 0.1) is 0 Å². The van der Waals surface area contributed by atoms with Crippen molar-refractivity contribution in [1.82, 2.24) is 14.5 Å². The normalized spacial score (nSPS) is 14.3. The van der Waals surface area contributed by atoms with Gasteiger partial charge in [0.15, 0.2) is 0 Å². The van der Waals surface area contributed by atoms with E-state index in [-0.39, 0.29) is 11.7 Å².